The van der Waals surface area contributed by atoms with E-state index in [4.69, 9.17) is 27.9 Å². The molecule has 2 aromatic carbocycles. The number of hydrogen-bond acceptors (Lipinski definition) is 4. The van der Waals surface area contributed by atoms with E-state index in [1.54, 1.807) is 24.4 Å². The molecular weight excluding hydrogens is 373 g/mol. The molecule has 0 fully saturated rings. The standard InChI is InChI=1S/C19H21Cl2N3O2/c1-3-24(4-2)16-8-5-14(6-9-16)12-22-23-19(25)13-26-18-10-7-15(20)11-17(18)21/h5-12H,3-4,13H2,1-2H3,(H,23,25). The van der Waals surface area contributed by atoms with Gasteiger partial charge in [0.05, 0.1) is 11.2 Å². The van der Waals surface area contributed by atoms with Crippen molar-refractivity contribution >= 4 is 41.0 Å². The van der Waals surface area contributed by atoms with Gasteiger partial charge in [-0.1, -0.05) is 35.3 Å². The third-order valence-corrected chi connectivity index (χ3v) is 4.21. The lowest BCUT2D eigenvalue weighted by atomic mass is 10.2. The van der Waals surface area contributed by atoms with Crippen molar-refractivity contribution < 1.29 is 9.53 Å². The summed E-state index contributed by atoms with van der Waals surface area (Å²) >= 11 is 11.8. The SMILES string of the molecule is CCN(CC)c1ccc(C=NNC(=O)COc2ccc(Cl)cc2Cl)cc1. The molecule has 0 saturated carbocycles. The third-order valence-electron chi connectivity index (χ3n) is 3.68. The summed E-state index contributed by atoms with van der Waals surface area (Å²) < 4.78 is 5.34. The highest BCUT2D eigenvalue weighted by Crippen LogP contribution is 2.27. The van der Waals surface area contributed by atoms with Crippen LogP contribution in [0.3, 0.4) is 0 Å². The number of amides is 1. The maximum atomic E-state index is 11.8. The van der Waals surface area contributed by atoms with Crippen molar-refractivity contribution in [1.29, 1.82) is 0 Å². The number of nitrogens with one attached hydrogen (secondary N) is 1. The molecule has 0 radical (unpaired) electrons. The van der Waals surface area contributed by atoms with Gasteiger partial charge in [0.1, 0.15) is 5.75 Å². The molecule has 0 spiro atoms. The normalized spacial score (nSPS) is 10.8. The second-order valence-electron chi connectivity index (χ2n) is 5.42. The van der Waals surface area contributed by atoms with Gasteiger partial charge in [-0.2, -0.15) is 5.10 Å². The molecule has 1 amide bonds. The highest BCUT2D eigenvalue weighted by molar-refractivity contribution is 6.35. The fourth-order valence-corrected chi connectivity index (χ4v) is 2.77. The summed E-state index contributed by atoms with van der Waals surface area (Å²) in [5.74, 6) is 0.00853. The monoisotopic (exact) mass is 393 g/mol. The molecule has 2 aromatic rings. The molecule has 0 saturated heterocycles. The molecule has 0 aromatic heterocycles. The molecule has 138 valence electrons. The minimum absolute atomic E-state index is 0.195. The van der Waals surface area contributed by atoms with Gasteiger partial charge in [0, 0.05) is 23.8 Å². The molecule has 0 unspecified atom stereocenters. The highest BCUT2D eigenvalue weighted by atomic mass is 35.5. The van der Waals surface area contributed by atoms with Crippen LogP contribution in [0, 0.1) is 0 Å². The average Bonchev–Trinajstić information content (AvgIpc) is 2.63. The molecule has 5 nitrogen and oxygen atoms in total. The van der Waals surface area contributed by atoms with Crippen LogP contribution in [0.2, 0.25) is 10.0 Å². The Morgan fingerprint density at radius 2 is 1.85 bits per heavy atom. The summed E-state index contributed by atoms with van der Waals surface area (Å²) in [5, 5.41) is 4.79. The number of hydrazone groups is 1. The fourth-order valence-electron chi connectivity index (χ4n) is 2.31. The average molecular weight is 394 g/mol. The van der Waals surface area contributed by atoms with E-state index in [2.05, 4.69) is 29.3 Å². The predicted molar refractivity (Wildman–Crippen MR) is 108 cm³/mol. The third kappa shape index (κ3) is 5.93. The van der Waals surface area contributed by atoms with E-state index in [1.165, 1.54) is 0 Å². The van der Waals surface area contributed by atoms with Crippen molar-refractivity contribution in [3.05, 3.63) is 58.1 Å². The number of rotatable bonds is 8. The van der Waals surface area contributed by atoms with Gasteiger partial charge in [-0.3, -0.25) is 4.79 Å². The Hall–Kier alpha value is -2.24. The lowest BCUT2D eigenvalue weighted by Gasteiger charge is -2.20. The van der Waals surface area contributed by atoms with E-state index < -0.39 is 0 Å². The van der Waals surface area contributed by atoms with Gasteiger partial charge in [0.2, 0.25) is 0 Å². The summed E-state index contributed by atoms with van der Waals surface area (Å²) in [4.78, 5) is 14.0. The van der Waals surface area contributed by atoms with Gasteiger partial charge in [0.15, 0.2) is 6.61 Å². The van der Waals surface area contributed by atoms with Gasteiger partial charge >= 0.3 is 0 Å². The van der Waals surface area contributed by atoms with Crippen molar-refractivity contribution in [1.82, 2.24) is 5.43 Å². The zero-order chi connectivity index (χ0) is 18.9. The summed E-state index contributed by atoms with van der Waals surface area (Å²) in [6, 6.07) is 12.8. The van der Waals surface area contributed by atoms with Crippen molar-refractivity contribution in [3.63, 3.8) is 0 Å². The Kier molecular flexibility index (Phi) is 7.75. The van der Waals surface area contributed by atoms with Crippen LogP contribution in [0.1, 0.15) is 19.4 Å². The zero-order valence-corrected chi connectivity index (χ0v) is 16.2. The summed E-state index contributed by atoms with van der Waals surface area (Å²) in [5.41, 5.74) is 4.47. The van der Waals surface area contributed by atoms with Gasteiger partial charge in [-0.15, -0.1) is 0 Å². The van der Waals surface area contributed by atoms with Crippen LogP contribution in [0.15, 0.2) is 47.6 Å². The molecule has 2 rings (SSSR count). The number of carbonyl (C=O) groups is 1. The molecule has 7 heteroatoms. The van der Waals surface area contributed by atoms with E-state index >= 15 is 0 Å². The topological polar surface area (TPSA) is 53.9 Å². The summed E-state index contributed by atoms with van der Waals surface area (Å²) in [6.07, 6.45) is 1.58. The molecule has 0 aliphatic heterocycles. The lowest BCUT2D eigenvalue weighted by Crippen LogP contribution is -2.24. The number of benzene rings is 2. The maximum Gasteiger partial charge on any atom is 0.277 e. The van der Waals surface area contributed by atoms with E-state index in [1.807, 2.05) is 24.3 Å². The quantitative estimate of drug-likeness (QED) is 0.535. The van der Waals surface area contributed by atoms with Crippen LogP contribution in [-0.2, 0) is 4.79 Å². The highest BCUT2D eigenvalue weighted by Gasteiger charge is 2.06. The maximum absolute atomic E-state index is 11.8. The first-order chi connectivity index (χ1) is 12.5. The van der Waals surface area contributed by atoms with E-state index in [0.717, 1.165) is 24.3 Å². The van der Waals surface area contributed by atoms with Crippen molar-refractivity contribution in [2.45, 2.75) is 13.8 Å². The summed E-state index contributed by atoms with van der Waals surface area (Å²) in [6.45, 7) is 5.95. The number of carbonyl (C=O) groups excluding carboxylic acids is 1. The van der Waals surface area contributed by atoms with Crippen molar-refractivity contribution in [2.24, 2.45) is 5.10 Å². The minimum Gasteiger partial charge on any atom is -0.482 e. The minimum atomic E-state index is -0.382. The van der Waals surface area contributed by atoms with Gasteiger partial charge < -0.3 is 9.64 Å². The molecule has 0 aliphatic carbocycles. The first-order valence-corrected chi connectivity index (χ1v) is 9.03. The molecule has 1 N–H and O–H groups in total. The molecule has 0 aliphatic rings. The van der Waals surface area contributed by atoms with Crippen LogP contribution in [0.4, 0.5) is 5.69 Å². The van der Waals surface area contributed by atoms with Gasteiger partial charge in [-0.25, -0.2) is 5.43 Å². The fraction of sp³-hybridized carbons (Fsp3) is 0.263. The van der Waals surface area contributed by atoms with Crippen LogP contribution in [0.25, 0.3) is 0 Å². The second-order valence-corrected chi connectivity index (χ2v) is 6.26. The van der Waals surface area contributed by atoms with Crippen LogP contribution in [-0.4, -0.2) is 31.8 Å². The Labute approximate surface area is 163 Å². The number of anilines is 1. The van der Waals surface area contributed by atoms with E-state index in [9.17, 15) is 4.79 Å². The number of nitrogens with zero attached hydrogens (tertiary/aromatic N) is 2. The lowest BCUT2D eigenvalue weighted by molar-refractivity contribution is -0.123. The van der Waals surface area contributed by atoms with E-state index in [0.29, 0.717) is 15.8 Å². The van der Waals surface area contributed by atoms with Crippen molar-refractivity contribution in [2.75, 3.05) is 24.6 Å². The Balaban J connectivity index is 1.83. The van der Waals surface area contributed by atoms with Crippen LogP contribution >= 0.6 is 23.2 Å². The number of hydrogen-bond donors (Lipinski definition) is 1. The van der Waals surface area contributed by atoms with Gasteiger partial charge in [-0.05, 0) is 49.7 Å². The smallest absolute Gasteiger partial charge is 0.277 e. The van der Waals surface area contributed by atoms with Gasteiger partial charge in [0.25, 0.3) is 5.91 Å². The number of ether oxygens (including phenoxy) is 1. The van der Waals surface area contributed by atoms with E-state index in [-0.39, 0.29) is 12.5 Å². The Morgan fingerprint density at radius 3 is 2.46 bits per heavy atom. The summed E-state index contributed by atoms with van der Waals surface area (Å²) in [7, 11) is 0. The largest absolute Gasteiger partial charge is 0.482 e. The molecule has 26 heavy (non-hydrogen) atoms. The first kappa shape index (κ1) is 20.1. The predicted octanol–water partition coefficient (Wildman–Crippen LogP) is 4.37. The van der Waals surface area contributed by atoms with Crippen LogP contribution in [0.5, 0.6) is 5.75 Å². The molecule has 0 heterocycles. The second kappa shape index (κ2) is 10.0. The number of halogens is 2. The zero-order valence-electron chi connectivity index (χ0n) is 14.7. The molecule has 0 atom stereocenters. The van der Waals surface area contributed by atoms with Crippen LogP contribution < -0.4 is 15.1 Å². The van der Waals surface area contributed by atoms with Crippen molar-refractivity contribution in [3.8, 4) is 5.75 Å². The molecular formula is C19H21Cl2N3O2. The first-order valence-electron chi connectivity index (χ1n) is 8.28. The Morgan fingerprint density at radius 1 is 1.15 bits per heavy atom. The Bertz CT molecular complexity index is 760. The molecule has 0 bridgehead atoms.